The molecule has 15 rings (SSSR count). The molecule has 6 heteroatoms. The predicted octanol–water partition coefficient (Wildman–Crippen LogP) is 19.8. The lowest BCUT2D eigenvalue weighted by Gasteiger charge is -2.25. The number of para-hydroxylation sites is 4. The highest BCUT2D eigenvalue weighted by molar-refractivity contribution is 6.30. The molecule has 0 N–H and O–H groups in total. The second-order valence-electron chi connectivity index (χ2n) is 20.2. The largest absolute Gasteiger partial charge is 0.310 e. The Hall–Kier alpha value is -10.8. The summed E-state index contributed by atoms with van der Waals surface area (Å²) in [6.45, 7) is 0. The van der Waals surface area contributed by atoms with Crippen LogP contribution in [0.4, 0.5) is 34.1 Å². The number of hydrogen-bond donors (Lipinski definition) is 0. The Bertz CT molecular complexity index is 4580. The van der Waals surface area contributed by atoms with Crippen molar-refractivity contribution in [2.75, 3.05) is 9.80 Å². The van der Waals surface area contributed by atoms with Crippen LogP contribution in [0.5, 0.6) is 0 Å². The molecule has 0 aliphatic heterocycles. The maximum Gasteiger partial charge on any atom is 0.138 e. The van der Waals surface area contributed by atoms with E-state index in [1.54, 1.807) is 0 Å². The molecule has 0 atom stereocenters. The first kappa shape index (κ1) is 46.5. The molecule has 0 fully saturated rings. The van der Waals surface area contributed by atoms with Gasteiger partial charge in [-0.05, 0) is 143 Å². The second kappa shape index (κ2) is 19.6. The average molecular weight is 1020 g/mol. The van der Waals surface area contributed by atoms with Crippen LogP contribution in [0.25, 0.3) is 99.5 Å². The summed E-state index contributed by atoms with van der Waals surface area (Å²) in [4.78, 5) is 15.4. The number of anilines is 6. The monoisotopic (exact) mass is 1020 g/mol. The molecule has 4 heterocycles. The summed E-state index contributed by atoms with van der Waals surface area (Å²) in [7, 11) is 0. The molecular weight excluding hydrogens is 973 g/mol. The van der Waals surface area contributed by atoms with E-state index in [-0.39, 0.29) is 0 Å². The molecule has 0 radical (unpaired) electrons. The zero-order valence-electron chi connectivity index (χ0n) is 43.6. The topological polar surface area (TPSA) is 42.1 Å². The molecule has 0 aliphatic rings. The van der Waals surface area contributed by atoms with Crippen molar-refractivity contribution >= 4 is 88.5 Å². The molecule has 0 saturated heterocycles. The number of pyridine rings is 2. The Labute approximate surface area is 463 Å². The van der Waals surface area contributed by atoms with Gasteiger partial charge in [0.05, 0.1) is 45.3 Å². The fourth-order valence-electron chi connectivity index (χ4n) is 11.9. The lowest BCUT2D eigenvalue weighted by atomic mass is 9.99. The lowest BCUT2D eigenvalue weighted by Crippen LogP contribution is -2.09. The van der Waals surface area contributed by atoms with E-state index < -0.39 is 0 Å². The number of fused-ring (bicyclic) bond motifs is 9. The van der Waals surface area contributed by atoms with Crippen molar-refractivity contribution in [3.63, 3.8) is 0 Å². The van der Waals surface area contributed by atoms with Gasteiger partial charge < -0.3 is 14.4 Å². The highest BCUT2D eigenvalue weighted by Crippen LogP contribution is 2.47. The van der Waals surface area contributed by atoms with Crippen molar-refractivity contribution in [1.29, 1.82) is 0 Å². The predicted molar refractivity (Wildman–Crippen MR) is 334 cm³/mol. The second-order valence-corrected chi connectivity index (χ2v) is 20.2. The van der Waals surface area contributed by atoms with E-state index in [1.165, 1.54) is 0 Å². The molecule has 0 bridgehead atoms. The van der Waals surface area contributed by atoms with Gasteiger partial charge in [0.1, 0.15) is 5.82 Å². The van der Waals surface area contributed by atoms with Crippen LogP contribution in [0, 0.1) is 0 Å². The Morgan fingerprint density at radius 2 is 0.662 bits per heavy atom. The van der Waals surface area contributed by atoms with Gasteiger partial charge in [-0.25, -0.2) is 4.98 Å². The Balaban J connectivity index is 1.04. The van der Waals surface area contributed by atoms with Gasteiger partial charge in [0, 0.05) is 66.8 Å². The van der Waals surface area contributed by atoms with E-state index >= 15 is 0 Å². The van der Waals surface area contributed by atoms with E-state index in [0.29, 0.717) is 0 Å². The number of rotatable bonds is 11. The van der Waals surface area contributed by atoms with Crippen LogP contribution < -0.4 is 9.80 Å². The number of aromatic nitrogens is 4. The molecule has 376 valence electrons. The summed E-state index contributed by atoms with van der Waals surface area (Å²) in [5, 5.41) is 6.87. The van der Waals surface area contributed by atoms with E-state index in [2.05, 4.69) is 310 Å². The molecule has 0 amide bonds. The van der Waals surface area contributed by atoms with Crippen LogP contribution in [0.3, 0.4) is 0 Å². The zero-order valence-corrected chi connectivity index (χ0v) is 43.6. The third-order valence-corrected chi connectivity index (χ3v) is 15.5. The first-order valence-electron chi connectivity index (χ1n) is 27.1. The molecule has 0 aliphatic carbocycles. The zero-order chi connectivity index (χ0) is 52.9. The van der Waals surface area contributed by atoms with Gasteiger partial charge in [-0.3, -0.25) is 9.55 Å². The fourth-order valence-corrected chi connectivity index (χ4v) is 11.9. The Kier molecular flexibility index (Phi) is 11.4. The maximum atomic E-state index is 5.57. The van der Waals surface area contributed by atoms with Crippen molar-refractivity contribution < 1.29 is 0 Å². The standard InChI is InChI=1S/C74H50N6/c1-8-22-51(23-9-1)54-46-67(53-26-12-3-13-27-53)76-72(47-54)80-69-43-38-60(78(57-32-18-6-19-33-57)58-34-20-7-21-35-58)49-65(69)74-63-39-44-70-73(62(63)40-45-71(74)80)64-48-59(77(55-28-14-4-15-29-55)56-30-16-5-17-31-56)37-42-68(64)79(70)61-36-41-66(75-50-61)52-24-10-2-11-25-52/h1-50H. The van der Waals surface area contributed by atoms with E-state index in [9.17, 15) is 0 Å². The first-order valence-corrected chi connectivity index (χ1v) is 27.1. The van der Waals surface area contributed by atoms with Crippen LogP contribution >= 0.6 is 0 Å². The van der Waals surface area contributed by atoms with Crippen LogP contribution in [-0.4, -0.2) is 19.1 Å². The van der Waals surface area contributed by atoms with Crippen molar-refractivity contribution in [3.05, 3.63) is 303 Å². The van der Waals surface area contributed by atoms with Crippen molar-refractivity contribution in [1.82, 2.24) is 19.1 Å². The first-order chi connectivity index (χ1) is 39.7. The van der Waals surface area contributed by atoms with Gasteiger partial charge in [0.25, 0.3) is 0 Å². The third-order valence-electron chi connectivity index (χ3n) is 15.5. The summed E-state index contributed by atoms with van der Waals surface area (Å²) >= 11 is 0. The molecule has 4 aromatic heterocycles. The number of nitrogens with zero attached hydrogens (tertiary/aromatic N) is 6. The van der Waals surface area contributed by atoms with Crippen LogP contribution in [0.1, 0.15) is 0 Å². The molecule has 15 aromatic rings. The Morgan fingerprint density at radius 1 is 0.263 bits per heavy atom. The lowest BCUT2D eigenvalue weighted by molar-refractivity contribution is 1.08. The number of benzene rings is 11. The van der Waals surface area contributed by atoms with Gasteiger partial charge in [-0.2, -0.15) is 0 Å². The average Bonchev–Trinajstić information content (AvgIpc) is 4.29. The molecule has 0 saturated carbocycles. The third kappa shape index (κ3) is 8.05. The van der Waals surface area contributed by atoms with E-state index in [4.69, 9.17) is 9.97 Å². The van der Waals surface area contributed by atoms with E-state index in [1.807, 2.05) is 12.3 Å². The van der Waals surface area contributed by atoms with Gasteiger partial charge in [-0.15, -0.1) is 0 Å². The quantitative estimate of drug-likeness (QED) is 0.129. The van der Waals surface area contributed by atoms with Gasteiger partial charge in [0.2, 0.25) is 0 Å². The van der Waals surface area contributed by atoms with Crippen molar-refractivity contribution in [2.24, 2.45) is 0 Å². The summed E-state index contributed by atoms with van der Waals surface area (Å²) in [5.41, 5.74) is 17.9. The van der Waals surface area contributed by atoms with E-state index in [0.717, 1.165) is 134 Å². The molecule has 6 nitrogen and oxygen atoms in total. The molecule has 80 heavy (non-hydrogen) atoms. The van der Waals surface area contributed by atoms with Crippen molar-refractivity contribution in [2.45, 2.75) is 0 Å². The SMILES string of the molecule is c1ccc(-c2cc(-c3ccccc3)nc(-n3c4ccc(N(c5ccccc5)c5ccccc5)cc4c4c5ccc6c(c5ccc43)c3cc(N(c4ccccc4)c4ccccc4)ccc3n6-c3ccc(-c4ccccc4)nc3)c2)cc1. The smallest absolute Gasteiger partial charge is 0.138 e. The molecule has 0 unspecified atom stereocenters. The van der Waals surface area contributed by atoms with Crippen LogP contribution in [0.15, 0.2) is 303 Å². The summed E-state index contributed by atoms with van der Waals surface area (Å²) in [5.74, 6) is 0.843. The minimum atomic E-state index is 0.843. The van der Waals surface area contributed by atoms with Crippen LogP contribution in [-0.2, 0) is 0 Å². The molecular formula is C74H50N6. The number of hydrogen-bond acceptors (Lipinski definition) is 4. The fraction of sp³-hybridized carbons (Fsp3) is 0. The van der Waals surface area contributed by atoms with Gasteiger partial charge >= 0.3 is 0 Å². The Morgan fingerprint density at radius 3 is 1.11 bits per heavy atom. The summed E-state index contributed by atoms with van der Waals surface area (Å²) in [6, 6.07) is 106. The van der Waals surface area contributed by atoms with Crippen molar-refractivity contribution in [3.8, 4) is 45.1 Å². The van der Waals surface area contributed by atoms with Gasteiger partial charge in [0.15, 0.2) is 0 Å². The highest BCUT2D eigenvalue weighted by atomic mass is 15.2. The maximum absolute atomic E-state index is 5.57. The van der Waals surface area contributed by atoms with Gasteiger partial charge in [-0.1, -0.05) is 176 Å². The van der Waals surface area contributed by atoms with Crippen LogP contribution in [0.2, 0.25) is 0 Å². The molecule has 11 aromatic carbocycles. The summed E-state index contributed by atoms with van der Waals surface area (Å²) < 4.78 is 4.77. The highest BCUT2D eigenvalue weighted by Gasteiger charge is 2.24. The normalized spacial score (nSPS) is 11.5. The minimum absolute atomic E-state index is 0.843. The molecule has 0 spiro atoms. The minimum Gasteiger partial charge on any atom is -0.310 e. The summed E-state index contributed by atoms with van der Waals surface area (Å²) in [6.07, 6.45) is 2.02.